The molecular weight excluding hydrogens is 262 g/mol. The first kappa shape index (κ1) is 15.4. The van der Waals surface area contributed by atoms with Crippen molar-refractivity contribution in [3.8, 4) is 0 Å². The number of aryl methyl sites for hydroxylation is 1. The zero-order valence-electron chi connectivity index (χ0n) is 12.9. The van der Waals surface area contributed by atoms with Gasteiger partial charge in [0, 0.05) is 12.1 Å². The lowest BCUT2D eigenvalue weighted by atomic mass is 10.00. The third kappa shape index (κ3) is 4.26. The Bertz CT molecular complexity index is 644. The quantitative estimate of drug-likeness (QED) is 0.918. The van der Waals surface area contributed by atoms with Crippen LogP contribution < -0.4 is 11.3 Å². The van der Waals surface area contributed by atoms with Crippen molar-refractivity contribution in [3.63, 3.8) is 0 Å². The van der Waals surface area contributed by atoms with E-state index in [1.165, 1.54) is 10.2 Å². The van der Waals surface area contributed by atoms with Gasteiger partial charge in [0.1, 0.15) is 0 Å². The summed E-state index contributed by atoms with van der Waals surface area (Å²) in [6.07, 6.45) is 2.74. The van der Waals surface area contributed by atoms with E-state index >= 15 is 0 Å². The van der Waals surface area contributed by atoms with Crippen LogP contribution in [-0.2, 0) is 13.0 Å². The van der Waals surface area contributed by atoms with Crippen LogP contribution in [0.1, 0.15) is 36.6 Å². The molecule has 4 nitrogen and oxygen atoms in total. The summed E-state index contributed by atoms with van der Waals surface area (Å²) >= 11 is 0. The lowest BCUT2D eigenvalue weighted by molar-refractivity contribution is 0.502. The molecule has 0 fully saturated rings. The van der Waals surface area contributed by atoms with E-state index in [1.807, 2.05) is 19.1 Å². The first-order valence-electron chi connectivity index (χ1n) is 7.34. The van der Waals surface area contributed by atoms with Crippen molar-refractivity contribution < 1.29 is 0 Å². The molecule has 0 saturated carbocycles. The molecule has 112 valence electrons. The second-order valence-corrected chi connectivity index (χ2v) is 6.00. The van der Waals surface area contributed by atoms with Crippen LogP contribution in [0.25, 0.3) is 0 Å². The van der Waals surface area contributed by atoms with Gasteiger partial charge in [0.2, 0.25) is 0 Å². The monoisotopic (exact) mass is 285 g/mol. The third-order valence-corrected chi connectivity index (χ3v) is 3.43. The van der Waals surface area contributed by atoms with Gasteiger partial charge in [-0.1, -0.05) is 38.1 Å². The Kier molecular flexibility index (Phi) is 4.91. The molecular formula is C17H23N3O. The molecule has 21 heavy (non-hydrogen) atoms. The summed E-state index contributed by atoms with van der Waals surface area (Å²) in [5, 5.41) is 4.12. The number of hydrogen-bond acceptors (Lipinski definition) is 3. The molecule has 1 heterocycles. The number of nitrogens with two attached hydrogens (primary N) is 1. The van der Waals surface area contributed by atoms with Crippen LogP contribution >= 0.6 is 0 Å². The van der Waals surface area contributed by atoms with Gasteiger partial charge in [0.15, 0.2) is 0 Å². The number of benzene rings is 1. The maximum Gasteiger partial charge on any atom is 0.267 e. The van der Waals surface area contributed by atoms with Crippen LogP contribution in [0.3, 0.4) is 0 Å². The average molecular weight is 285 g/mol. The molecule has 0 radical (unpaired) electrons. The highest BCUT2D eigenvalue weighted by molar-refractivity contribution is 5.25. The van der Waals surface area contributed by atoms with Crippen LogP contribution in [0.15, 0.2) is 41.3 Å². The molecule has 0 spiro atoms. The maximum absolute atomic E-state index is 11.8. The Hall–Kier alpha value is -1.94. The minimum atomic E-state index is -0.231. The van der Waals surface area contributed by atoms with E-state index < -0.39 is 0 Å². The van der Waals surface area contributed by atoms with E-state index in [0.717, 1.165) is 17.5 Å². The predicted octanol–water partition coefficient (Wildman–Crippen LogP) is 2.45. The number of hydrogen-bond donors (Lipinski definition) is 1. The van der Waals surface area contributed by atoms with Gasteiger partial charge in [0.25, 0.3) is 5.56 Å². The van der Waals surface area contributed by atoms with E-state index in [1.54, 1.807) is 12.3 Å². The second kappa shape index (κ2) is 6.68. The molecule has 0 amide bonds. The fraction of sp³-hybridized carbons (Fsp3) is 0.412. The molecule has 0 saturated heterocycles. The minimum Gasteiger partial charge on any atom is -0.322 e. The molecule has 2 rings (SSSR count). The lowest BCUT2D eigenvalue weighted by Crippen LogP contribution is -2.28. The van der Waals surface area contributed by atoms with Crippen molar-refractivity contribution >= 4 is 0 Å². The smallest absolute Gasteiger partial charge is 0.267 e. The van der Waals surface area contributed by atoms with Crippen LogP contribution in [0.2, 0.25) is 0 Å². The largest absolute Gasteiger partial charge is 0.322 e. The first-order valence-corrected chi connectivity index (χ1v) is 7.34. The van der Waals surface area contributed by atoms with Gasteiger partial charge in [-0.25, -0.2) is 4.68 Å². The molecule has 0 aliphatic carbocycles. The zero-order chi connectivity index (χ0) is 15.4. The van der Waals surface area contributed by atoms with E-state index in [0.29, 0.717) is 12.5 Å². The Morgan fingerprint density at radius 3 is 2.48 bits per heavy atom. The van der Waals surface area contributed by atoms with Crippen LogP contribution in [0, 0.1) is 12.8 Å². The summed E-state index contributed by atoms with van der Waals surface area (Å²) in [5.41, 5.74) is 9.28. The van der Waals surface area contributed by atoms with Gasteiger partial charge in [0.05, 0.1) is 12.7 Å². The fourth-order valence-electron chi connectivity index (χ4n) is 2.33. The van der Waals surface area contributed by atoms with Crippen LogP contribution in [0.5, 0.6) is 0 Å². The minimum absolute atomic E-state index is 0.109. The van der Waals surface area contributed by atoms with Gasteiger partial charge in [-0.05, 0) is 36.0 Å². The van der Waals surface area contributed by atoms with Gasteiger partial charge in [-0.15, -0.1) is 0 Å². The molecule has 1 unspecified atom stereocenters. The first-order chi connectivity index (χ1) is 9.95. The summed E-state index contributed by atoms with van der Waals surface area (Å²) in [4.78, 5) is 11.8. The van der Waals surface area contributed by atoms with E-state index in [2.05, 4.69) is 31.1 Å². The zero-order valence-corrected chi connectivity index (χ0v) is 12.9. The standard InChI is InChI=1S/C17H23N3O/c1-12(2)8-14-4-6-15(7-5-14)16(18)11-20-17(21)9-13(3)10-19-20/h4-7,9-10,12,16H,8,11,18H2,1-3H3. The number of rotatable bonds is 5. The van der Waals surface area contributed by atoms with Crippen molar-refractivity contribution in [1.82, 2.24) is 9.78 Å². The Balaban J connectivity index is 2.09. The Morgan fingerprint density at radius 2 is 1.90 bits per heavy atom. The third-order valence-electron chi connectivity index (χ3n) is 3.43. The molecule has 0 bridgehead atoms. The average Bonchev–Trinajstić information content (AvgIpc) is 2.42. The molecule has 1 aromatic heterocycles. The molecule has 4 heteroatoms. The SMILES string of the molecule is Cc1cnn(CC(N)c2ccc(CC(C)C)cc2)c(=O)c1. The summed E-state index contributed by atoms with van der Waals surface area (Å²) < 4.78 is 1.42. The van der Waals surface area contributed by atoms with Crippen molar-refractivity contribution in [2.45, 2.75) is 39.8 Å². The predicted molar refractivity (Wildman–Crippen MR) is 85.1 cm³/mol. The maximum atomic E-state index is 11.8. The van der Waals surface area contributed by atoms with Gasteiger partial charge >= 0.3 is 0 Å². The van der Waals surface area contributed by atoms with Crippen molar-refractivity contribution in [2.75, 3.05) is 0 Å². The Morgan fingerprint density at radius 1 is 1.24 bits per heavy atom. The Labute approximate surface area is 125 Å². The fourth-order valence-corrected chi connectivity index (χ4v) is 2.33. The second-order valence-electron chi connectivity index (χ2n) is 6.00. The summed E-state index contributed by atoms with van der Waals surface area (Å²) in [5.74, 6) is 0.639. The van der Waals surface area contributed by atoms with Gasteiger partial charge in [-0.3, -0.25) is 4.79 Å². The lowest BCUT2D eigenvalue weighted by Gasteiger charge is -2.14. The highest BCUT2D eigenvalue weighted by atomic mass is 16.1. The van der Waals surface area contributed by atoms with Crippen molar-refractivity contribution in [2.24, 2.45) is 11.7 Å². The van der Waals surface area contributed by atoms with E-state index in [9.17, 15) is 4.79 Å². The van der Waals surface area contributed by atoms with Crippen molar-refractivity contribution in [1.29, 1.82) is 0 Å². The molecule has 1 aromatic carbocycles. The summed E-state index contributed by atoms with van der Waals surface area (Å²) in [6.45, 7) is 6.65. The van der Waals surface area contributed by atoms with Gasteiger partial charge in [-0.2, -0.15) is 5.10 Å². The highest BCUT2D eigenvalue weighted by Crippen LogP contribution is 2.15. The number of aromatic nitrogens is 2. The van der Waals surface area contributed by atoms with Crippen LogP contribution in [-0.4, -0.2) is 9.78 Å². The summed E-state index contributed by atoms with van der Waals surface area (Å²) in [7, 11) is 0. The van der Waals surface area contributed by atoms with Crippen LogP contribution in [0.4, 0.5) is 0 Å². The topological polar surface area (TPSA) is 60.9 Å². The molecule has 2 N–H and O–H groups in total. The highest BCUT2D eigenvalue weighted by Gasteiger charge is 2.09. The summed E-state index contributed by atoms with van der Waals surface area (Å²) in [6, 6.07) is 9.65. The van der Waals surface area contributed by atoms with E-state index in [4.69, 9.17) is 5.73 Å². The van der Waals surface area contributed by atoms with E-state index in [-0.39, 0.29) is 11.6 Å². The molecule has 2 aromatic rings. The molecule has 0 aliphatic rings. The normalized spacial score (nSPS) is 12.6. The molecule has 1 atom stereocenters. The van der Waals surface area contributed by atoms with Gasteiger partial charge < -0.3 is 5.73 Å². The number of nitrogens with zero attached hydrogens (tertiary/aromatic N) is 2. The van der Waals surface area contributed by atoms with Crippen molar-refractivity contribution in [3.05, 3.63) is 63.6 Å². The molecule has 0 aliphatic heterocycles.